The fraction of sp³-hybridized carbons (Fsp3) is 0.538. The van der Waals surface area contributed by atoms with Gasteiger partial charge in [0.15, 0.2) is 0 Å². The third-order valence-electron chi connectivity index (χ3n) is 3.50. The van der Waals surface area contributed by atoms with Gasteiger partial charge in [-0.1, -0.05) is 19.3 Å². The van der Waals surface area contributed by atoms with Gasteiger partial charge in [-0.2, -0.15) is 0 Å². The Hall–Kier alpha value is -1.43. The van der Waals surface area contributed by atoms with Gasteiger partial charge in [0, 0.05) is 6.07 Å². The maximum atomic E-state index is 12.3. The van der Waals surface area contributed by atoms with Crippen LogP contribution in [-0.4, -0.2) is 20.8 Å². The Kier molecular flexibility index (Phi) is 4.19. The lowest BCUT2D eigenvalue weighted by Gasteiger charge is -2.22. The molecular formula is C13H20N2O3S. The molecule has 0 heterocycles. The van der Waals surface area contributed by atoms with Gasteiger partial charge in [-0.15, -0.1) is 0 Å². The molecule has 106 valence electrons. The topological polar surface area (TPSA) is 81.4 Å². The molecule has 2 rings (SSSR count). The van der Waals surface area contributed by atoms with Crippen LogP contribution < -0.4 is 15.2 Å². The van der Waals surface area contributed by atoms with E-state index in [4.69, 9.17) is 10.5 Å². The van der Waals surface area contributed by atoms with Crippen LogP contribution >= 0.6 is 0 Å². The van der Waals surface area contributed by atoms with E-state index in [1.807, 2.05) is 0 Å². The number of nitrogen functional groups attached to an aromatic ring is 1. The maximum absolute atomic E-state index is 12.3. The second-order valence-electron chi connectivity index (χ2n) is 4.86. The molecule has 1 aliphatic rings. The zero-order valence-corrected chi connectivity index (χ0v) is 11.9. The number of benzene rings is 1. The minimum absolute atomic E-state index is 0.303. The van der Waals surface area contributed by atoms with Gasteiger partial charge in [0.2, 0.25) is 10.0 Å². The average Bonchev–Trinajstić information content (AvgIpc) is 2.42. The molecule has 0 spiro atoms. The lowest BCUT2D eigenvalue weighted by molar-refractivity contribution is 0.415. The molecule has 1 saturated carbocycles. The maximum Gasteiger partial charge on any atom is 0.235 e. The van der Waals surface area contributed by atoms with E-state index in [0.717, 1.165) is 32.1 Å². The highest BCUT2D eigenvalue weighted by atomic mass is 32.2. The van der Waals surface area contributed by atoms with Crippen molar-refractivity contribution in [1.29, 1.82) is 0 Å². The number of anilines is 2. The molecule has 1 aromatic carbocycles. The van der Waals surface area contributed by atoms with Gasteiger partial charge in [0.1, 0.15) is 5.75 Å². The fourth-order valence-corrected chi connectivity index (χ4v) is 3.99. The second kappa shape index (κ2) is 5.69. The SMILES string of the molecule is COc1ccc(NS(=O)(=O)C2CCCCC2)c(N)c1. The van der Waals surface area contributed by atoms with Crippen molar-refractivity contribution in [3.8, 4) is 5.75 Å². The zero-order chi connectivity index (χ0) is 13.9. The molecule has 0 aromatic heterocycles. The molecule has 1 aliphatic carbocycles. The quantitative estimate of drug-likeness (QED) is 0.832. The van der Waals surface area contributed by atoms with Crippen LogP contribution in [0.25, 0.3) is 0 Å². The Labute approximate surface area is 114 Å². The van der Waals surface area contributed by atoms with E-state index < -0.39 is 10.0 Å². The molecule has 3 N–H and O–H groups in total. The number of rotatable bonds is 4. The first-order valence-electron chi connectivity index (χ1n) is 6.48. The van der Waals surface area contributed by atoms with Crippen LogP contribution in [0.15, 0.2) is 18.2 Å². The molecule has 19 heavy (non-hydrogen) atoms. The summed E-state index contributed by atoms with van der Waals surface area (Å²) >= 11 is 0. The van der Waals surface area contributed by atoms with Gasteiger partial charge in [-0.3, -0.25) is 4.72 Å². The monoisotopic (exact) mass is 284 g/mol. The van der Waals surface area contributed by atoms with Gasteiger partial charge in [-0.25, -0.2) is 8.42 Å². The van der Waals surface area contributed by atoms with Gasteiger partial charge in [0.05, 0.1) is 23.7 Å². The summed E-state index contributed by atoms with van der Waals surface area (Å²) in [6.07, 6.45) is 4.53. The number of methoxy groups -OCH3 is 1. The summed E-state index contributed by atoms with van der Waals surface area (Å²) in [5.41, 5.74) is 6.62. The zero-order valence-electron chi connectivity index (χ0n) is 11.1. The molecule has 0 unspecified atom stereocenters. The second-order valence-corrected chi connectivity index (χ2v) is 6.82. The normalized spacial score (nSPS) is 17.1. The standard InChI is InChI=1S/C13H20N2O3S/c1-18-10-7-8-13(12(14)9-10)15-19(16,17)11-5-3-2-4-6-11/h7-9,11,15H,2-6,14H2,1H3. The van der Waals surface area contributed by atoms with Crippen LogP contribution in [0, 0.1) is 0 Å². The Balaban J connectivity index is 2.15. The summed E-state index contributed by atoms with van der Waals surface area (Å²) < 4.78 is 32.2. The predicted molar refractivity (Wildman–Crippen MR) is 76.8 cm³/mol. The van der Waals surface area contributed by atoms with Gasteiger partial charge < -0.3 is 10.5 Å². The number of ether oxygens (including phenoxy) is 1. The van der Waals surface area contributed by atoms with Crippen LogP contribution in [0.1, 0.15) is 32.1 Å². The molecule has 5 nitrogen and oxygen atoms in total. The summed E-state index contributed by atoms with van der Waals surface area (Å²) in [5, 5.41) is -0.303. The minimum atomic E-state index is -3.35. The first kappa shape index (κ1) is 14.0. The van der Waals surface area contributed by atoms with Crippen LogP contribution in [-0.2, 0) is 10.0 Å². The van der Waals surface area contributed by atoms with Crippen LogP contribution in [0.4, 0.5) is 11.4 Å². The predicted octanol–water partition coefficient (Wildman–Crippen LogP) is 2.35. The Morgan fingerprint density at radius 3 is 2.53 bits per heavy atom. The van der Waals surface area contributed by atoms with Crippen molar-refractivity contribution in [2.45, 2.75) is 37.4 Å². The van der Waals surface area contributed by atoms with Crippen molar-refractivity contribution >= 4 is 21.4 Å². The molecule has 0 radical (unpaired) electrons. The van der Waals surface area contributed by atoms with Crippen molar-refractivity contribution in [2.24, 2.45) is 0 Å². The number of hydrogen-bond donors (Lipinski definition) is 2. The highest BCUT2D eigenvalue weighted by molar-refractivity contribution is 7.93. The van der Waals surface area contributed by atoms with Crippen molar-refractivity contribution in [2.75, 3.05) is 17.6 Å². The van der Waals surface area contributed by atoms with Crippen LogP contribution in [0.5, 0.6) is 5.75 Å². The summed E-state index contributed by atoms with van der Waals surface area (Å²) in [4.78, 5) is 0. The van der Waals surface area contributed by atoms with E-state index in [1.165, 1.54) is 0 Å². The summed E-state index contributed by atoms with van der Waals surface area (Å²) in [6, 6.07) is 4.93. The van der Waals surface area contributed by atoms with Gasteiger partial charge >= 0.3 is 0 Å². The van der Waals surface area contributed by atoms with E-state index in [-0.39, 0.29) is 5.25 Å². The van der Waals surface area contributed by atoms with Crippen molar-refractivity contribution in [1.82, 2.24) is 0 Å². The largest absolute Gasteiger partial charge is 0.497 e. The molecule has 0 aliphatic heterocycles. The van der Waals surface area contributed by atoms with Crippen LogP contribution in [0.3, 0.4) is 0 Å². The van der Waals surface area contributed by atoms with Gasteiger partial charge in [0.25, 0.3) is 0 Å². The van der Waals surface area contributed by atoms with Crippen molar-refractivity contribution in [3.63, 3.8) is 0 Å². The van der Waals surface area contributed by atoms with Crippen molar-refractivity contribution in [3.05, 3.63) is 18.2 Å². The van der Waals surface area contributed by atoms with Crippen molar-refractivity contribution < 1.29 is 13.2 Å². The third kappa shape index (κ3) is 3.32. The molecule has 0 amide bonds. The van der Waals surface area contributed by atoms with Gasteiger partial charge in [-0.05, 0) is 25.0 Å². The lowest BCUT2D eigenvalue weighted by atomic mass is 10.0. The Bertz CT molecular complexity index is 537. The Morgan fingerprint density at radius 1 is 1.26 bits per heavy atom. The molecule has 1 fully saturated rings. The molecule has 0 bridgehead atoms. The Morgan fingerprint density at radius 2 is 1.95 bits per heavy atom. The summed E-state index contributed by atoms with van der Waals surface area (Å²) in [6.45, 7) is 0. The first-order valence-corrected chi connectivity index (χ1v) is 8.03. The highest BCUT2D eigenvalue weighted by Gasteiger charge is 2.27. The number of sulfonamides is 1. The molecule has 6 heteroatoms. The van der Waals surface area contributed by atoms with E-state index >= 15 is 0 Å². The highest BCUT2D eigenvalue weighted by Crippen LogP contribution is 2.29. The first-order chi connectivity index (χ1) is 9.03. The molecular weight excluding hydrogens is 264 g/mol. The molecule has 1 aromatic rings. The van der Waals surface area contributed by atoms with Crippen LogP contribution in [0.2, 0.25) is 0 Å². The van der Waals surface area contributed by atoms with E-state index in [0.29, 0.717) is 17.1 Å². The smallest absolute Gasteiger partial charge is 0.235 e. The van der Waals surface area contributed by atoms with E-state index in [9.17, 15) is 8.42 Å². The third-order valence-corrected chi connectivity index (χ3v) is 5.36. The average molecular weight is 284 g/mol. The summed E-state index contributed by atoms with van der Waals surface area (Å²) in [7, 11) is -1.81. The molecule has 0 atom stereocenters. The fourth-order valence-electron chi connectivity index (χ4n) is 2.37. The minimum Gasteiger partial charge on any atom is -0.497 e. The summed E-state index contributed by atoms with van der Waals surface area (Å²) in [5.74, 6) is 0.609. The van der Waals surface area contributed by atoms with E-state index in [1.54, 1.807) is 25.3 Å². The van der Waals surface area contributed by atoms with E-state index in [2.05, 4.69) is 4.72 Å². The number of nitrogens with two attached hydrogens (primary N) is 1. The number of nitrogens with one attached hydrogen (secondary N) is 1. The lowest BCUT2D eigenvalue weighted by Crippen LogP contribution is -2.30. The molecule has 0 saturated heterocycles. The number of hydrogen-bond acceptors (Lipinski definition) is 4.